The van der Waals surface area contributed by atoms with Gasteiger partial charge in [-0.3, -0.25) is 9.59 Å². The lowest BCUT2D eigenvalue weighted by Gasteiger charge is -2.19. The van der Waals surface area contributed by atoms with E-state index in [1.807, 2.05) is 0 Å². The van der Waals surface area contributed by atoms with Gasteiger partial charge < -0.3 is 5.32 Å². The maximum Gasteiger partial charge on any atom is 0.416 e. The van der Waals surface area contributed by atoms with Crippen molar-refractivity contribution in [1.82, 2.24) is 5.32 Å². The third kappa shape index (κ3) is 3.63. The van der Waals surface area contributed by atoms with Crippen LogP contribution in [0.15, 0.2) is 36.4 Å². The van der Waals surface area contributed by atoms with Crippen molar-refractivity contribution in [1.29, 1.82) is 0 Å². The summed E-state index contributed by atoms with van der Waals surface area (Å²) < 4.78 is 67.5. The summed E-state index contributed by atoms with van der Waals surface area (Å²) in [5.41, 5.74) is -1.47. The molecule has 1 saturated heterocycles. The van der Waals surface area contributed by atoms with Gasteiger partial charge in [-0.1, -0.05) is 24.3 Å². The minimum Gasteiger partial charge on any atom is -0.355 e. The molecule has 28 heavy (non-hydrogen) atoms. The number of carbonyl (C=O) groups excluding carboxylic acids is 2. The Labute approximate surface area is 157 Å². The van der Waals surface area contributed by atoms with Crippen LogP contribution in [0.5, 0.6) is 0 Å². The first-order valence-corrected chi connectivity index (χ1v) is 8.51. The summed E-state index contributed by atoms with van der Waals surface area (Å²) in [6.45, 7) is 1.17. The van der Waals surface area contributed by atoms with Crippen LogP contribution in [-0.4, -0.2) is 18.2 Å². The van der Waals surface area contributed by atoms with Crippen molar-refractivity contribution < 1.29 is 31.5 Å². The fourth-order valence-corrected chi connectivity index (χ4v) is 3.50. The van der Waals surface area contributed by atoms with E-state index in [0.717, 1.165) is 18.2 Å². The van der Waals surface area contributed by atoms with Gasteiger partial charge in [-0.25, -0.2) is 8.78 Å². The van der Waals surface area contributed by atoms with Crippen molar-refractivity contribution in [2.24, 2.45) is 5.92 Å². The highest BCUT2D eigenvalue weighted by Gasteiger charge is 2.43. The van der Waals surface area contributed by atoms with Crippen LogP contribution < -0.4 is 5.32 Å². The lowest BCUT2D eigenvalue weighted by atomic mass is 9.82. The van der Waals surface area contributed by atoms with Crippen molar-refractivity contribution in [2.45, 2.75) is 25.4 Å². The predicted molar refractivity (Wildman–Crippen MR) is 90.5 cm³/mol. The van der Waals surface area contributed by atoms with Crippen molar-refractivity contribution in [3.8, 4) is 0 Å². The zero-order chi connectivity index (χ0) is 20.6. The van der Waals surface area contributed by atoms with Gasteiger partial charge in [-0.2, -0.15) is 13.2 Å². The zero-order valence-electron chi connectivity index (χ0n) is 14.7. The first-order valence-electron chi connectivity index (χ1n) is 8.51. The number of hydrogen-bond acceptors (Lipinski definition) is 2. The van der Waals surface area contributed by atoms with Crippen molar-refractivity contribution >= 4 is 11.7 Å². The van der Waals surface area contributed by atoms with Crippen LogP contribution in [-0.2, 0) is 22.2 Å². The molecule has 0 spiro atoms. The van der Waals surface area contributed by atoms with Crippen LogP contribution in [0.4, 0.5) is 22.0 Å². The minimum absolute atomic E-state index is 0.0142. The Balaban J connectivity index is 1.93. The zero-order valence-corrected chi connectivity index (χ0v) is 14.7. The molecule has 0 aliphatic carbocycles. The fraction of sp³-hybridized carbons (Fsp3) is 0.300. The molecular formula is C20H16F5NO2. The number of amides is 1. The Morgan fingerprint density at radius 2 is 1.82 bits per heavy atom. The third-order valence-corrected chi connectivity index (χ3v) is 4.96. The summed E-state index contributed by atoms with van der Waals surface area (Å²) in [4.78, 5) is 24.9. The number of alkyl halides is 3. The van der Waals surface area contributed by atoms with Crippen LogP contribution >= 0.6 is 0 Å². The average molecular weight is 397 g/mol. The molecule has 2 aromatic rings. The number of ketones is 1. The molecule has 1 aliphatic rings. The number of nitrogens with one attached hydrogen (secondary N) is 1. The summed E-state index contributed by atoms with van der Waals surface area (Å²) in [5, 5.41) is 2.45. The number of rotatable bonds is 4. The van der Waals surface area contributed by atoms with Gasteiger partial charge in [0, 0.05) is 24.4 Å². The largest absolute Gasteiger partial charge is 0.416 e. The lowest BCUT2D eigenvalue weighted by molar-refractivity contribution is -0.138. The third-order valence-electron chi connectivity index (χ3n) is 4.96. The predicted octanol–water partition coefficient (Wildman–Crippen LogP) is 3.93. The standard InChI is InChI=1S/C20H16F5NO2/c1-10-15(21)7-6-12(18(10)22)13-9-26-19(28)17(13)16(27)8-11-4-2-3-5-14(11)20(23,24)25/h2-7,13,17H,8-9H2,1H3,(H,26,28)/t13-,17+/m1/s1. The van der Waals surface area contributed by atoms with Gasteiger partial charge in [0.25, 0.3) is 0 Å². The second kappa shape index (κ2) is 7.33. The van der Waals surface area contributed by atoms with E-state index in [2.05, 4.69) is 5.32 Å². The van der Waals surface area contributed by atoms with E-state index in [-0.39, 0.29) is 23.2 Å². The van der Waals surface area contributed by atoms with Crippen LogP contribution in [0.2, 0.25) is 0 Å². The molecule has 2 aromatic carbocycles. The minimum atomic E-state index is -4.64. The van der Waals surface area contributed by atoms with Gasteiger partial charge in [-0.05, 0) is 30.2 Å². The highest BCUT2D eigenvalue weighted by atomic mass is 19.4. The maximum absolute atomic E-state index is 14.5. The van der Waals surface area contributed by atoms with E-state index in [1.54, 1.807) is 0 Å². The van der Waals surface area contributed by atoms with E-state index in [0.29, 0.717) is 0 Å². The fourth-order valence-electron chi connectivity index (χ4n) is 3.50. The number of Topliss-reactive ketones (excluding diaryl/α,β-unsaturated/α-hetero) is 1. The molecule has 1 aliphatic heterocycles. The first kappa shape index (κ1) is 20.0. The van der Waals surface area contributed by atoms with Crippen molar-refractivity contribution in [2.75, 3.05) is 6.54 Å². The second-order valence-corrected chi connectivity index (χ2v) is 6.70. The average Bonchev–Trinajstić information content (AvgIpc) is 3.01. The molecule has 3 nitrogen and oxygen atoms in total. The molecule has 1 amide bonds. The maximum atomic E-state index is 14.5. The van der Waals surface area contributed by atoms with Gasteiger partial charge in [0.2, 0.25) is 5.91 Å². The van der Waals surface area contributed by atoms with Crippen molar-refractivity contribution in [3.05, 3.63) is 70.3 Å². The Hall–Kier alpha value is -2.77. The number of carbonyl (C=O) groups is 2. The molecule has 2 atom stereocenters. The summed E-state index contributed by atoms with van der Waals surface area (Å²) in [5.74, 6) is -5.33. The first-order chi connectivity index (χ1) is 13.1. The van der Waals surface area contributed by atoms with Crippen LogP contribution in [0.3, 0.4) is 0 Å². The Kier molecular flexibility index (Phi) is 5.23. The molecule has 1 fully saturated rings. The molecule has 0 radical (unpaired) electrons. The summed E-state index contributed by atoms with van der Waals surface area (Å²) in [7, 11) is 0. The van der Waals surface area contributed by atoms with Gasteiger partial charge in [0.05, 0.1) is 5.56 Å². The van der Waals surface area contributed by atoms with Crippen molar-refractivity contribution in [3.63, 3.8) is 0 Å². The molecule has 1 N–H and O–H groups in total. The number of halogens is 5. The highest BCUT2D eigenvalue weighted by Crippen LogP contribution is 2.36. The van der Waals surface area contributed by atoms with E-state index < -0.39 is 53.3 Å². The molecule has 148 valence electrons. The van der Waals surface area contributed by atoms with E-state index >= 15 is 0 Å². The summed E-state index contributed by atoms with van der Waals surface area (Å²) in [6, 6.07) is 6.80. The van der Waals surface area contributed by atoms with E-state index in [9.17, 15) is 31.5 Å². The smallest absolute Gasteiger partial charge is 0.355 e. The van der Waals surface area contributed by atoms with Gasteiger partial charge in [0.15, 0.2) is 0 Å². The van der Waals surface area contributed by atoms with Gasteiger partial charge in [-0.15, -0.1) is 0 Å². The highest BCUT2D eigenvalue weighted by molar-refractivity contribution is 6.04. The van der Waals surface area contributed by atoms with E-state index in [4.69, 9.17) is 0 Å². The molecule has 0 aromatic heterocycles. The Morgan fingerprint density at radius 3 is 2.50 bits per heavy atom. The molecule has 3 rings (SSSR count). The molecule has 0 unspecified atom stereocenters. The van der Waals surface area contributed by atoms with Crippen LogP contribution in [0.1, 0.15) is 28.2 Å². The van der Waals surface area contributed by atoms with Gasteiger partial charge >= 0.3 is 6.18 Å². The molecule has 0 saturated carbocycles. The lowest BCUT2D eigenvalue weighted by Crippen LogP contribution is -2.29. The molecule has 0 bridgehead atoms. The van der Waals surface area contributed by atoms with Crippen LogP contribution in [0.25, 0.3) is 0 Å². The Morgan fingerprint density at radius 1 is 1.14 bits per heavy atom. The monoisotopic (exact) mass is 397 g/mol. The second-order valence-electron chi connectivity index (χ2n) is 6.70. The number of benzene rings is 2. The summed E-state index contributed by atoms with van der Waals surface area (Å²) in [6.07, 6.45) is -5.26. The number of hydrogen-bond donors (Lipinski definition) is 1. The quantitative estimate of drug-likeness (QED) is 0.628. The topological polar surface area (TPSA) is 46.2 Å². The molecule has 1 heterocycles. The van der Waals surface area contributed by atoms with E-state index in [1.165, 1.54) is 25.1 Å². The summed E-state index contributed by atoms with van der Waals surface area (Å²) >= 11 is 0. The SMILES string of the molecule is Cc1c(F)ccc([C@H]2CNC(=O)[C@@H]2C(=O)Cc2ccccc2C(F)(F)F)c1F. The molecular weight excluding hydrogens is 381 g/mol. The van der Waals surface area contributed by atoms with Crippen LogP contribution in [0, 0.1) is 24.5 Å². The Bertz CT molecular complexity index is 939. The molecule has 8 heteroatoms. The normalized spacial score (nSPS) is 19.6. The van der Waals surface area contributed by atoms with Gasteiger partial charge in [0.1, 0.15) is 23.3 Å².